The molecule has 0 aromatic carbocycles. The molecule has 0 spiro atoms. The van der Waals surface area contributed by atoms with Crippen molar-refractivity contribution in [1.82, 2.24) is 29.9 Å². The Morgan fingerprint density at radius 3 is 2.57 bits per heavy atom. The number of aliphatic hydroxyl groups is 7. The maximum atomic E-state index is 13.1. The Labute approximate surface area is 287 Å². The maximum Gasteiger partial charge on any atom is 0.475 e. The van der Waals surface area contributed by atoms with Crippen molar-refractivity contribution >= 4 is 25.5 Å². The Kier molecular flexibility index (Phi) is 13.0. The number of ether oxygens (including phenoxy) is 2. The standard InChI is InChI=1S/C26H40N7O17P/c1-2-3-12(35)11-7-32(31-30-11)8-17(38)29-18-13(36)6-26(24(42)43,49-22(18)19(39)14(37)9-34)50-51(45,46)47-10-15-20(40)21(41)23(48-15)33-5-4-16(27)28-25(33)44/h4-5,7,12-15,18-23,34-37,39-41H,2-3,6,8-10H2,1H3,(H,29,38)(H,42,43)(H,45,46)(H2,27,28,44)/t12?,13-,14+,15+,18+,19+,20+,21+,22+,23+,26+/m0/s1. The molecule has 2 unspecified atom stereocenters. The van der Waals surface area contributed by atoms with E-state index in [-0.39, 0.29) is 11.5 Å². The summed E-state index contributed by atoms with van der Waals surface area (Å²) in [5, 5.41) is 92.2. The fourth-order valence-corrected chi connectivity index (χ4v) is 6.38. The van der Waals surface area contributed by atoms with Gasteiger partial charge in [-0.3, -0.25) is 13.9 Å². The smallest absolute Gasteiger partial charge is 0.475 e. The van der Waals surface area contributed by atoms with Crippen molar-refractivity contribution in [2.45, 2.75) is 99.6 Å². The molecule has 25 heteroatoms. The molecule has 0 saturated carbocycles. The summed E-state index contributed by atoms with van der Waals surface area (Å²) >= 11 is 0. The fraction of sp³-hybridized carbons (Fsp3) is 0.692. The van der Waals surface area contributed by atoms with Crippen LogP contribution in [0.2, 0.25) is 0 Å². The van der Waals surface area contributed by atoms with Crippen LogP contribution in [0.25, 0.3) is 0 Å². The Bertz CT molecular complexity index is 1630. The summed E-state index contributed by atoms with van der Waals surface area (Å²) in [5.74, 6) is -6.50. The van der Waals surface area contributed by atoms with Crippen LogP contribution in [-0.4, -0.2) is 150 Å². The number of nitrogens with zero attached hydrogens (tertiary/aromatic N) is 5. The first-order valence-electron chi connectivity index (χ1n) is 15.4. The number of rotatable bonds is 16. The molecule has 2 saturated heterocycles. The fourth-order valence-electron chi connectivity index (χ4n) is 5.43. The van der Waals surface area contributed by atoms with Crippen molar-refractivity contribution in [1.29, 1.82) is 0 Å². The van der Waals surface area contributed by atoms with E-state index < -0.39 is 118 Å². The highest BCUT2D eigenvalue weighted by Crippen LogP contribution is 2.51. The van der Waals surface area contributed by atoms with Crippen molar-refractivity contribution in [3.63, 3.8) is 0 Å². The van der Waals surface area contributed by atoms with Gasteiger partial charge in [0.05, 0.1) is 37.7 Å². The van der Waals surface area contributed by atoms with Gasteiger partial charge >= 0.3 is 19.5 Å². The predicted molar refractivity (Wildman–Crippen MR) is 162 cm³/mol. The predicted octanol–water partition coefficient (Wildman–Crippen LogP) is -5.17. The largest absolute Gasteiger partial charge is 0.477 e. The lowest BCUT2D eigenvalue weighted by atomic mass is 9.88. The summed E-state index contributed by atoms with van der Waals surface area (Å²) in [6, 6.07) is -0.538. The van der Waals surface area contributed by atoms with E-state index in [1.165, 1.54) is 12.3 Å². The summed E-state index contributed by atoms with van der Waals surface area (Å²) < 4.78 is 35.4. The number of hydrogen-bond acceptors (Lipinski definition) is 19. The van der Waals surface area contributed by atoms with Crippen LogP contribution in [-0.2, 0) is 39.2 Å². The second-order valence-corrected chi connectivity index (χ2v) is 13.2. The monoisotopic (exact) mass is 753 g/mol. The number of phosphoric ester groups is 1. The molecule has 0 aliphatic carbocycles. The van der Waals surface area contributed by atoms with E-state index in [0.717, 1.165) is 15.4 Å². The van der Waals surface area contributed by atoms with Crippen LogP contribution in [0.1, 0.15) is 44.2 Å². The molecule has 12 atom stereocenters. The summed E-state index contributed by atoms with van der Waals surface area (Å²) in [6.07, 6.45) is -14.0. The minimum atomic E-state index is -5.61. The summed E-state index contributed by atoms with van der Waals surface area (Å²) in [5.41, 5.74) is 4.65. The number of nitrogen functional groups attached to an aromatic ring is 1. The zero-order valence-electron chi connectivity index (χ0n) is 26.8. The number of carboxylic acid groups (broad SMARTS) is 1. The quantitative estimate of drug-likeness (QED) is 0.0714. The minimum absolute atomic E-state index is 0.149. The number of carbonyl (C=O) groups is 2. The molecule has 2 aliphatic rings. The van der Waals surface area contributed by atoms with Crippen molar-refractivity contribution in [2.75, 3.05) is 18.9 Å². The van der Waals surface area contributed by atoms with Gasteiger partial charge in [0.25, 0.3) is 5.79 Å². The number of aliphatic carboxylic acids is 1. The van der Waals surface area contributed by atoms with Gasteiger partial charge in [-0.05, 0) is 12.5 Å². The van der Waals surface area contributed by atoms with Gasteiger partial charge in [-0.25, -0.2) is 23.4 Å². The molecular weight excluding hydrogens is 713 g/mol. The van der Waals surface area contributed by atoms with Gasteiger partial charge in [0.2, 0.25) is 5.91 Å². The number of aromatic nitrogens is 5. The van der Waals surface area contributed by atoms with Crippen LogP contribution < -0.4 is 16.7 Å². The number of amides is 1. The summed E-state index contributed by atoms with van der Waals surface area (Å²) in [6.45, 7) is -0.893. The first-order chi connectivity index (χ1) is 23.9. The van der Waals surface area contributed by atoms with E-state index >= 15 is 0 Å². The molecule has 1 amide bonds. The van der Waals surface area contributed by atoms with Gasteiger partial charge in [0, 0.05) is 12.6 Å². The lowest BCUT2D eigenvalue weighted by molar-refractivity contribution is -0.289. The van der Waals surface area contributed by atoms with E-state index in [0.29, 0.717) is 12.8 Å². The average Bonchev–Trinajstić information content (AvgIpc) is 3.64. The SMILES string of the molecule is CCCC(O)c1cn(CC(=O)N[C@H]2[C@H]([C@H](O)[C@H](O)CO)O[C@](OP(=O)(O)OC[C@H]3O[C@@H](n4ccc(N)nc4=O)[C@H](O)[C@@H]3O)(C(=O)O)C[C@@H]2O)nn1. The number of hydrogen-bond donors (Lipinski definition) is 11. The molecule has 51 heavy (non-hydrogen) atoms. The van der Waals surface area contributed by atoms with E-state index in [1.54, 1.807) is 0 Å². The Morgan fingerprint density at radius 2 is 1.94 bits per heavy atom. The molecule has 12 N–H and O–H groups in total. The van der Waals surface area contributed by atoms with Crippen LogP contribution in [0, 0.1) is 0 Å². The zero-order chi connectivity index (χ0) is 37.8. The highest BCUT2D eigenvalue weighted by Gasteiger charge is 2.59. The van der Waals surface area contributed by atoms with Crippen molar-refractivity contribution in [3.8, 4) is 0 Å². The number of nitrogens with one attached hydrogen (secondary N) is 1. The highest BCUT2D eigenvalue weighted by molar-refractivity contribution is 7.47. The van der Waals surface area contributed by atoms with E-state index in [4.69, 9.17) is 24.3 Å². The molecule has 2 aromatic rings. The van der Waals surface area contributed by atoms with Gasteiger partial charge in [-0.1, -0.05) is 18.6 Å². The third kappa shape index (κ3) is 9.31. The number of carboxylic acids is 1. The average molecular weight is 754 g/mol. The lowest BCUT2D eigenvalue weighted by Gasteiger charge is -2.46. The van der Waals surface area contributed by atoms with Crippen LogP contribution in [0.5, 0.6) is 0 Å². The highest BCUT2D eigenvalue weighted by atomic mass is 31.2. The molecule has 2 aliphatic heterocycles. The van der Waals surface area contributed by atoms with Gasteiger partial charge in [-0.2, -0.15) is 4.98 Å². The molecule has 2 fully saturated rings. The van der Waals surface area contributed by atoms with Crippen LogP contribution in [0.3, 0.4) is 0 Å². The Morgan fingerprint density at radius 1 is 1.24 bits per heavy atom. The molecule has 0 bridgehead atoms. The number of carbonyl (C=O) groups excluding carboxylic acids is 1. The Hall–Kier alpha value is -3.49. The molecule has 2 aromatic heterocycles. The van der Waals surface area contributed by atoms with Gasteiger partial charge in [0.1, 0.15) is 54.7 Å². The summed E-state index contributed by atoms with van der Waals surface area (Å²) in [4.78, 5) is 51.6. The van der Waals surface area contributed by atoms with Gasteiger partial charge in [-0.15, -0.1) is 5.10 Å². The topological polar surface area (TPSA) is 374 Å². The first-order valence-corrected chi connectivity index (χ1v) is 16.9. The summed E-state index contributed by atoms with van der Waals surface area (Å²) in [7, 11) is -5.61. The van der Waals surface area contributed by atoms with E-state index in [9.17, 15) is 64.7 Å². The Balaban J connectivity index is 1.49. The van der Waals surface area contributed by atoms with Crippen molar-refractivity contribution < 1.29 is 78.4 Å². The molecule has 286 valence electrons. The van der Waals surface area contributed by atoms with Crippen molar-refractivity contribution in [3.05, 3.63) is 34.6 Å². The third-order valence-electron chi connectivity index (χ3n) is 8.04. The van der Waals surface area contributed by atoms with Crippen LogP contribution in [0.15, 0.2) is 23.3 Å². The third-order valence-corrected chi connectivity index (χ3v) is 9.04. The molecular formula is C26H40N7O17P. The number of aliphatic hydroxyl groups excluding tert-OH is 7. The normalized spacial score (nSPS) is 31.0. The second kappa shape index (κ2) is 16.5. The second-order valence-electron chi connectivity index (χ2n) is 11.8. The maximum absolute atomic E-state index is 13.1. The molecule has 4 rings (SSSR count). The number of anilines is 1. The van der Waals surface area contributed by atoms with E-state index in [2.05, 4.69) is 20.6 Å². The van der Waals surface area contributed by atoms with Crippen LogP contribution >= 0.6 is 7.82 Å². The molecule has 0 radical (unpaired) electrons. The van der Waals surface area contributed by atoms with E-state index in [1.807, 2.05) is 6.92 Å². The zero-order valence-corrected chi connectivity index (χ0v) is 27.7. The molecule has 24 nitrogen and oxygen atoms in total. The first kappa shape index (κ1) is 40.3. The number of phosphoric acid groups is 1. The minimum Gasteiger partial charge on any atom is -0.477 e. The van der Waals surface area contributed by atoms with Crippen LogP contribution in [0.4, 0.5) is 5.82 Å². The van der Waals surface area contributed by atoms with Crippen molar-refractivity contribution in [2.24, 2.45) is 0 Å². The molecule has 4 heterocycles. The number of nitrogens with two attached hydrogens (primary N) is 1. The van der Waals surface area contributed by atoms with Gasteiger partial charge < -0.3 is 66.3 Å². The lowest BCUT2D eigenvalue weighted by Crippen LogP contribution is -2.68. The van der Waals surface area contributed by atoms with Gasteiger partial charge in [0.15, 0.2) is 6.23 Å².